The van der Waals surface area contributed by atoms with E-state index in [1.165, 1.54) is 13.0 Å². The van der Waals surface area contributed by atoms with Crippen LogP contribution in [-0.4, -0.2) is 36.9 Å². The molecular weight excluding hydrogens is 335 g/mol. The normalized spacial score (nSPS) is 10.3. The van der Waals surface area contributed by atoms with Gasteiger partial charge >= 0.3 is 0 Å². The Morgan fingerprint density at radius 3 is 2.38 bits per heavy atom. The predicted octanol–water partition coefficient (Wildman–Crippen LogP) is 2.54. The maximum absolute atomic E-state index is 13.6. The number of nitrogens with one attached hydrogen (secondary N) is 1. The van der Waals surface area contributed by atoms with Crippen molar-refractivity contribution in [1.29, 1.82) is 0 Å². The van der Waals surface area contributed by atoms with Gasteiger partial charge in [-0.1, -0.05) is 36.4 Å². The van der Waals surface area contributed by atoms with Crippen LogP contribution in [0.2, 0.25) is 0 Å². The molecule has 2 aromatic rings. The molecule has 0 fully saturated rings. The molecule has 0 aliphatic carbocycles. The minimum Gasteiger partial charge on any atom is -0.496 e. The average molecular weight is 358 g/mol. The Morgan fingerprint density at radius 2 is 1.73 bits per heavy atom. The number of rotatable bonds is 8. The van der Waals surface area contributed by atoms with E-state index in [0.717, 1.165) is 5.56 Å². The van der Waals surface area contributed by atoms with E-state index in [9.17, 15) is 14.0 Å². The molecule has 138 valence electrons. The first-order chi connectivity index (χ1) is 12.5. The Bertz CT molecular complexity index is 764. The summed E-state index contributed by atoms with van der Waals surface area (Å²) in [6, 6.07) is 13.7. The summed E-state index contributed by atoms with van der Waals surface area (Å²) in [5.74, 6) is -0.0679. The smallest absolute Gasteiger partial charge is 0.224 e. The van der Waals surface area contributed by atoms with E-state index in [2.05, 4.69) is 5.32 Å². The average Bonchev–Trinajstić information content (AvgIpc) is 2.63. The fraction of sp³-hybridized carbons (Fsp3) is 0.300. The molecule has 0 atom stereocenters. The number of amides is 2. The number of carbonyl (C=O) groups excluding carboxylic acids is 2. The van der Waals surface area contributed by atoms with Crippen molar-refractivity contribution in [2.45, 2.75) is 19.9 Å². The van der Waals surface area contributed by atoms with E-state index in [4.69, 9.17) is 4.74 Å². The van der Waals surface area contributed by atoms with Gasteiger partial charge in [0.1, 0.15) is 11.6 Å². The van der Waals surface area contributed by atoms with Crippen LogP contribution in [0.3, 0.4) is 0 Å². The molecule has 0 saturated carbocycles. The summed E-state index contributed by atoms with van der Waals surface area (Å²) in [4.78, 5) is 25.5. The van der Waals surface area contributed by atoms with Crippen molar-refractivity contribution in [3.8, 4) is 5.75 Å². The summed E-state index contributed by atoms with van der Waals surface area (Å²) in [5, 5.41) is 2.73. The number of carbonyl (C=O) groups is 2. The van der Waals surface area contributed by atoms with Gasteiger partial charge in [0.2, 0.25) is 11.8 Å². The van der Waals surface area contributed by atoms with Gasteiger partial charge in [0.05, 0.1) is 13.5 Å². The molecule has 0 aromatic heterocycles. The predicted molar refractivity (Wildman–Crippen MR) is 97.2 cm³/mol. The molecule has 0 spiro atoms. The Hall–Kier alpha value is -2.89. The molecule has 1 N–H and O–H groups in total. The number of nitrogens with zero attached hydrogens (tertiary/aromatic N) is 1. The van der Waals surface area contributed by atoms with E-state index in [0.29, 0.717) is 30.9 Å². The van der Waals surface area contributed by atoms with Gasteiger partial charge in [-0.3, -0.25) is 9.59 Å². The fourth-order valence-corrected chi connectivity index (χ4v) is 2.59. The van der Waals surface area contributed by atoms with Crippen molar-refractivity contribution in [3.63, 3.8) is 0 Å². The van der Waals surface area contributed by atoms with E-state index in [1.54, 1.807) is 30.2 Å². The first-order valence-electron chi connectivity index (χ1n) is 8.38. The SMILES string of the molecule is COc1ccccc1CN(CCNC(=O)Cc1ccccc1F)C(C)=O. The molecule has 2 aromatic carbocycles. The fourth-order valence-electron chi connectivity index (χ4n) is 2.59. The van der Waals surface area contributed by atoms with Crippen LogP contribution in [-0.2, 0) is 22.6 Å². The van der Waals surface area contributed by atoms with E-state index in [1.807, 2.05) is 24.3 Å². The van der Waals surface area contributed by atoms with E-state index < -0.39 is 5.82 Å². The molecule has 5 nitrogen and oxygen atoms in total. The zero-order chi connectivity index (χ0) is 18.9. The lowest BCUT2D eigenvalue weighted by Crippen LogP contribution is -2.37. The lowest BCUT2D eigenvalue weighted by Gasteiger charge is -2.22. The molecule has 26 heavy (non-hydrogen) atoms. The molecule has 6 heteroatoms. The highest BCUT2D eigenvalue weighted by Crippen LogP contribution is 2.19. The monoisotopic (exact) mass is 358 g/mol. The number of methoxy groups -OCH3 is 1. The summed E-state index contributed by atoms with van der Waals surface area (Å²) in [5.41, 5.74) is 1.24. The highest BCUT2D eigenvalue weighted by molar-refractivity contribution is 5.78. The topological polar surface area (TPSA) is 58.6 Å². The van der Waals surface area contributed by atoms with Crippen LogP contribution in [0.4, 0.5) is 4.39 Å². The van der Waals surface area contributed by atoms with Gasteiger partial charge in [0.25, 0.3) is 0 Å². The molecule has 0 aliphatic heterocycles. The molecule has 0 aliphatic rings. The number of benzene rings is 2. The Balaban J connectivity index is 1.87. The van der Waals surface area contributed by atoms with Crippen molar-refractivity contribution in [3.05, 3.63) is 65.5 Å². The molecule has 0 unspecified atom stereocenters. The second kappa shape index (κ2) is 9.56. The van der Waals surface area contributed by atoms with Crippen LogP contribution < -0.4 is 10.1 Å². The zero-order valence-electron chi connectivity index (χ0n) is 15.0. The molecular formula is C20H23FN2O3. The standard InChI is InChI=1S/C20H23FN2O3/c1-15(24)23(14-17-8-4-6-10-19(17)26-2)12-11-22-20(25)13-16-7-3-5-9-18(16)21/h3-10H,11-14H2,1-2H3,(H,22,25). The van der Waals surface area contributed by atoms with E-state index in [-0.39, 0.29) is 18.2 Å². The van der Waals surface area contributed by atoms with Crippen molar-refractivity contribution in [2.24, 2.45) is 0 Å². The minimum absolute atomic E-state index is 0.0285. The van der Waals surface area contributed by atoms with Crippen molar-refractivity contribution in [1.82, 2.24) is 10.2 Å². The van der Waals surface area contributed by atoms with Gasteiger partial charge < -0.3 is 15.0 Å². The largest absolute Gasteiger partial charge is 0.496 e. The van der Waals surface area contributed by atoms with Crippen LogP contribution in [0.25, 0.3) is 0 Å². The Kier molecular flexibility index (Phi) is 7.14. The summed E-state index contributed by atoms with van der Waals surface area (Å²) >= 11 is 0. The first kappa shape index (κ1) is 19.4. The summed E-state index contributed by atoms with van der Waals surface area (Å²) in [6.07, 6.45) is -0.0285. The van der Waals surface area contributed by atoms with Gasteiger partial charge in [-0.15, -0.1) is 0 Å². The quantitative estimate of drug-likeness (QED) is 0.789. The third-order valence-corrected chi connectivity index (χ3v) is 4.01. The highest BCUT2D eigenvalue weighted by Gasteiger charge is 2.13. The Morgan fingerprint density at radius 1 is 1.08 bits per heavy atom. The number of para-hydroxylation sites is 1. The van der Waals surface area contributed by atoms with Crippen molar-refractivity contribution >= 4 is 11.8 Å². The highest BCUT2D eigenvalue weighted by atomic mass is 19.1. The van der Waals surface area contributed by atoms with Crippen molar-refractivity contribution < 1.29 is 18.7 Å². The maximum atomic E-state index is 13.6. The second-order valence-corrected chi connectivity index (χ2v) is 5.87. The summed E-state index contributed by atoms with van der Waals surface area (Å²) < 4.78 is 18.9. The van der Waals surface area contributed by atoms with Gasteiger partial charge in [0, 0.05) is 32.1 Å². The third kappa shape index (κ3) is 5.58. The minimum atomic E-state index is -0.399. The lowest BCUT2D eigenvalue weighted by molar-refractivity contribution is -0.130. The van der Waals surface area contributed by atoms with Crippen LogP contribution in [0.5, 0.6) is 5.75 Å². The van der Waals surface area contributed by atoms with E-state index >= 15 is 0 Å². The van der Waals surface area contributed by atoms with Gasteiger partial charge in [-0.25, -0.2) is 4.39 Å². The lowest BCUT2D eigenvalue weighted by atomic mass is 10.1. The number of ether oxygens (including phenoxy) is 1. The maximum Gasteiger partial charge on any atom is 0.224 e. The zero-order valence-corrected chi connectivity index (χ0v) is 15.0. The van der Waals surface area contributed by atoms with Crippen LogP contribution >= 0.6 is 0 Å². The Labute approximate surface area is 152 Å². The van der Waals surface area contributed by atoms with Crippen molar-refractivity contribution in [2.75, 3.05) is 20.2 Å². The molecule has 0 radical (unpaired) electrons. The molecule has 0 bridgehead atoms. The molecule has 2 amide bonds. The first-order valence-corrected chi connectivity index (χ1v) is 8.38. The van der Waals surface area contributed by atoms with Crippen LogP contribution in [0, 0.1) is 5.82 Å². The van der Waals surface area contributed by atoms with Gasteiger partial charge in [-0.05, 0) is 17.7 Å². The third-order valence-electron chi connectivity index (χ3n) is 4.01. The molecule has 2 rings (SSSR count). The number of hydrogen-bond donors (Lipinski definition) is 1. The van der Waals surface area contributed by atoms with Gasteiger partial charge in [0.15, 0.2) is 0 Å². The summed E-state index contributed by atoms with van der Waals surface area (Å²) in [7, 11) is 1.58. The number of hydrogen-bond acceptors (Lipinski definition) is 3. The summed E-state index contributed by atoms with van der Waals surface area (Å²) in [6.45, 7) is 2.53. The molecule has 0 heterocycles. The van der Waals surface area contributed by atoms with Gasteiger partial charge in [-0.2, -0.15) is 0 Å². The van der Waals surface area contributed by atoms with Crippen LogP contribution in [0.15, 0.2) is 48.5 Å². The second-order valence-electron chi connectivity index (χ2n) is 5.87. The molecule has 0 saturated heterocycles. The van der Waals surface area contributed by atoms with Crippen LogP contribution in [0.1, 0.15) is 18.1 Å². The number of halogens is 1.